The van der Waals surface area contributed by atoms with Crippen molar-refractivity contribution in [3.8, 4) is 0 Å². The summed E-state index contributed by atoms with van der Waals surface area (Å²) >= 11 is 0. The molecule has 0 radical (unpaired) electrons. The average molecular weight is 277 g/mol. The van der Waals surface area contributed by atoms with Crippen LogP contribution in [0.15, 0.2) is 24.3 Å². The molecule has 108 valence electrons. The number of hydrogen-bond acceptors (Lipinski definition) is 4. The first-order valence-electron chi connectivity index (χ1n) is 6.90. The number of rotatable bonds is 5. The molecule has 0 bridgehead atoms. The lowest BCUT2D eigenvalue weighted by Gasteiger charge is -2.22. The zero-order valence-electron chi connectivity index (χ0n) is 11.3. The second-order valence-corrected chi connectivity index (χ2v) is 5.10. The number of nitro benzene ring substituents is 1. The largest absolute Gasteiger partial charge is 0.326 e. The normalized spacial score (nSPS) is 18.5. The second kappa shape index (κ2) is 7.00. The summed E-state index contributed by atoms with van der Waals surface area (Å²) in [5, 5.41) is 16.6. The fourth-order valence-electron chi connectivity index (χ4n) is 2.40. The Hall–Kier alpha value is -1.95. The van der Waals surface area contributed by atoms with Gasteiger partial charge in [-0.1, -0.05) is 0 Å². The van der Waals surface area contributed by atoms with Crippen molar-refractivity contribution >= 4 is 17.3 Å². The van der Waals surface area contributed by atoms with Crippen molar-refractivity contribution in [1.29, 1.82) is 0 Å². The Bertz CT molecular complexity index is 467. The van der Waals surface area contributed by atoms with E-state index in [0.29, 0.717) is 18.0 Å². The van der Waals surface area contributed by atoms with Gasteiger partial charge >= 0.3 is 0 Å². The summed E-state index contributed by atoms with van der Waals surface area (Å²) in [5.41, 5.74) is 0.624. The number of non-ortho nitro benzene ring substituents is 1. The van der Waals surface area contributed by atoms with Gasteiger partial charge in [0, 0.05) is 24.2 Å². The molecular formula is C14H19N3O3. The maximum Gasteiger partial charge on any atom is 0.269 e. The van der Waals surface area contributed by atoms with Crippen molar-refractivity contribution in [3.63, 3.8) is 0 Å². The number of piperidine rings is 1. The van der Waals surface area contributed by atoms with Gasteiger partial charge in [-0.3, -0.25) is 14.9 Å². The predicted molar refractivity (Wildman–Crippen MR) is 76.6 cm³/mol. The maximum absolute atomic E-state index is 11.8. The van der Waals surface area contributed by atoms with Gasteiger partial charge in [0.1, 0.15) is 0 Å². The van der Waals surface area contributed by atoms with Gasteiger partial charge in [0.15, 0.2) is 0 Å². The Morgan fingerprint density at radius 3 is 2.75 bits per heavy atom. The smallest absolute Gasteiger partial charge is 0.269 e. The van der Waals surface area contributed by atoms with E-state index in [-0.39, 0.29) is 11.6 Å². The molecule has 2 rings (SSSR count). The highest BCUT2D eigenvalue weighted by atomic mass is 16.6. The molecule has 2 N–H and O–H groups in total. The van der Waals surface area contributed by atoms with Crippen LogP contribution >= 0.6 is 0 Å². The van der Waals surface area contributed by atoms with E-state index in [1.54, 1.807) is 12.1 Å². The number of carbonyl (C=O) groups excluding carboxylic acids is 1. The summed E-state index contributed by atoms with van der Waals surface area (Å²) in [5.74, 6) is 0.538. The molecule has 1 aromatic carbocycles. The molecule has 6 heteroatoms. The highest BCUT2D eigenvalue weighted by molar-refractivity contribution is 5.90. The van der Waals surface area contributed by atoms with Crippen molar-refractivity contribution < 1.29 is 9.72 Å². The Morgan fingerprint density at radius 2 is 2.15 bits per heavy atom. The molecule has 20 heavy (non-hydrogen) atoms. The van der Waals surface area contributed by atoms with Gasteiger partial charge in [-0.15, -0.1) is 0 Å². The molecule has 1 aliphatic heterocycles. The third kappa shape index (κ3) is 4.31. The van der Waals surface area contributed by atoms with Crippen LogP contribution in [0.1, 0.15) is 25.7 Å². The Morgan fingerprint density at radius 1 is 1.40 bits per heavy atom. The topological polar surface area (TPSA) is 84.3 Å². The summed E-state index contributed by atoms with van der Waals surface area (Å²) < 4.78 is 0. The SMILES string of the molecule is O=C(CCC1CCCNC1)Nc1ccc([N+](=O)[O-])cc1. The van der Waals surface area contributed by atoms with Crippen molar-refractivity contribution in [2.45, 2.75) is 25.7 Å². The van der Waals surface area contributed by atoms with Gasteiger partial charge in [0.05, 0.1) is 4.92 Å². The van der Waals surface area contributed by atoms with E-state index in [2.05, 4.69) is 10.6 Å². The number of carbonyl (C=O) groups is 1. The molecule has 1 amide bonds. The highest BCUT2D eigenvalue weighted by Gasteiger charge is 2.14. The van der Waals surface area contributed by atoms with Crippen molar-refractivity contribution in [2.75, 3.05) is 18.4 Å². The van der Waals surface area contributed by atoms with Crippen molar-refractivity contribution in [1.82, 2.24) is 5.32 Å². The lowest BCUT2D eigenvalue weighted by molar-refractivity contribution is -0.384. The van der Waals surface area contributed by atoms with E-state index in [4.69, 9.17) is 0 Å². The molecule has 1 saturated heterocycles. The standard InChI is InChI=1S/C14H19N3O3/c18-14(8-3-11-2-1-9-15-10-11)16-12-4-6-13(7-5-12)17(19)20/h4-7,11,15H,1-3,8-10H2,(H,16,18). The summed E-state index contributed by atoms with van der Waals surface area (Å²) in [7, 11) is 0. The number of nitrogens with one attached hydrogen (secondary N) is 2. The van der Waals surface area contributed by atoms with Gasteiger partial charge in [0.2, 0.25) is 5.91 Å². The van der Waals surface area contributed by atoms with Crippen LogP contribution in [-0.2, 0) is 4.79 Å². The molecule has 1 fully saturated rings. The van der Waals surface area contributed by atoms with Crippen LogP contribution in [0.25, 0.3) is 0 Å². The predicted octanol–water partition coefficient (Wildman–Crippen LogP) is 2.31. The van der Waals surface area contributed by atoms with Crippen molar-refractivity contribution in [3.05, 3.63) is 34.4 Å². The first-order valence-corrected chi connectivity index (χ1v) is 6.90. The molecule has 6 nitrogen and oxygen atoms in total. The summed E-state index contributed by atoms with van der Waals surface area (Å²) in [6.45, 7) is 2.07. The third-order valence-corrected chi connectivity index (χ3v) is 3.54. The van der Waals surface area contributed by atoms with Gasteiger partial charge in [-0.2, -0.15) is 0 Å². The second-order valence-electron chi connectivity index (χ2n) is 5.10. The summed E-state index contributed by atoms with van der Waals surface area (Å²) in [6, 6.07) is 5.89. The highest BCUT2D eigenvalue weighted by Crippen LogP contribution is 2.18. The van der Waals surface area contributed by atoms with E-state index in [1.165, 1.54) is 25.0 Å². The van der Waals surface area contributed by atoms with Crippen LogP contribution in [0.3, 0.4) is 0 Å². The number of anilines is 1. The number of hydrogen-bond donors (Lipinski definition) is 2. The van der Waals surface area contributed by atoms with Crippen LogP contribution in [0.2, 0.25) is 0 Å². The molecule has 1 atom stereocenters. The quantitative estimate of drug-likeness (QED) is 0.639. The van der Waals surface area contributed by atoms with E-state index < -0.39 is 4.92 Å². The summed E-state index contributed by atoms with van der Waals surface area (Å²) in [4.78, 5) is 21.9. The van der Waals surface area contributed by atoms with E-state index in [1.807, 2.05) is 0 Å². The lowest BCUT2D eigenvalue weighted by Crippen LogP contribution is -2.30. The van der Waals surface area contributed by atoms with E-state index in [0.717, 1.165) is 19.5 Å². The fourth-order valence-corrected chi connectivity index (χ4v) is 2.40. The van der Waals surface area contributed by atoms with Crippen LogP contribution in [0.4, 0.5) is 11.4 Å². The number of nitrogens with zero attached hydrogens (tertiary/aromatic N) is 1. The van der Waals surface area contributed by atoms with Crippen LogP contribution in [0, 0.1) is 16.0 Å². The molecule has 1 unspecified atom stereocenters. The van der Waals surface area contributed by atoms with Gasteiger partial charge in [-0.25, -0.2) is 0 Å². The molecule has 0 saturated carbocycles. The minimum Gasteiger partial charge on any atom is -0.326 e. The third-order valence-electron chi connectivity index (χ3n) is 3.54. The lowest BCUT2D eigenvalue weighted by atomic mass is 9.94. The van der Waals surface area contributed by atoms with Crippen LogP contribution < -0.4 is 10.6 Å². The van der Waals surface area contributed by atoms with Gasteiger partial charge < -0.3 is 10.6 Å². The molecule has 0 aliphatic carbocycles. The van der Waals surface area contributed by atoms with Crippen molar-refractivity contribution in [2.24, 2.45) is 5.92 Å². The number of benzene rings is 1. The molecule has 0 aromatic heterocycles. The molecule has 1 heterocycles. The fraction of sp³-hybridized carbons (Fsp3) is 0.500. The van der Waals surface area contributed by atoms with E-state index >= 15 is 0 Å². The minimum atomic E-state index is -0.457. The van der Waals surface area contributed by atoms with Gasteiger partial charge in [0.25, 0.3) is 5.69 Å². The zero-order valence-corrected chi connectivity index (χ0v) is 11.3. The molecule has 0 spiro atoms. The van der Waals surface area contributed by atoms with Crippen LogP contribution in [-0.4, -0.2) is 23.9 Å². The first-order chi connectivity index (χ1) is 9.65. The Balaban J connectivity index is 1.77. The maximum atomic E-state index is 11.8. The number of nitro groups is 1. The van der Waals surface area contributed by atoms with E-state index in [9.17, 15) is 14.9 Å². The average Bonchev–Trinajstić information content (AvgIpc) is 2.47. The summed E-state index contributed by atoms with van der Waals surface area (Å²) in [6.07, 6.45) is 3.72. The Labute approximate surface area is 117 Å². The molecular weight excluding hydrogens is 258 g/mol. The Kier molecular flexibility index (Phi) is 5.06. The minimum absolute atomic E-state index is 0.0243. The molecule has 1 aliphatic rings. The molecule has 1 aromatic rings. The van der Waals surface area contributed by atoms with Crippen LogP contribution in [0.5, 0.6) is 0 Å². The zero-order chi connectivity index (χ0) is 14.4. The van der Waals surface area contributed by atoms with Gasteiger partial charge in [-0.05, 0) is 50.4 Å². The number of amides is 1. The monoisotopic (exact) mass is 277 g/mol. The first kappa shape index (κ1) is 14.5.